The van der Waals surface area contributed by atoms with Crippen molar-refractivity contribution in [2.24, 2.45) is 53.3 Å². The van der Waals surface area contributed by atoms with Crippen LogP contribution in [0.25, 0.3) is 0 Å². The van der Waals surface area contributed by atoms with Crippen LogP contribution in [-0.2, 0) is 6.42 Å². The van der Waals surface area contributed by atoms with Crippen LogP contribution in [0.1, 0.15) is 258 Å². The fourth-order valence-electron chi connectivity index (χ4n) is 15.3. The monoisotopic (exact) mass is 907 g/mol. The van der Waals surface area contributed by atoms with Gasteiger partial charge in [0.15, 0.2) is 0 Å². The highest BCUT2D eigenvalue weighted by molar-refractivity contribution is 5.27. The van der Waals surface area contributed by atoms with Crippen molar-refractivity contribution in [2.45, 2.75) is 245 Å². The summed E-state index contributed by atoms with van der Waals surface area (Å²) in [6.45, 7) is 15.3. The molecule has 0 aliphatic heterocycles. The molecule has 0 heteroatoms. The van der Waals surface area contributed by atoms with Crippen LogP contribution < -0.4 is 0 Å². The molecule has 9 rings (SSSR count). The first kappa shape index (κ1) is 52.2. The van der Waals surface area contributed by atoms with E-state index in [0.29, 0.717) is 0 Å². The number of rotatable bonds is 13. The molecule has 0 bridgehead atoms. The molecule has 0 atom stereocenters. The van der Waals surface area contributed by atoms with Gasteiger partial charge >= 0.3 is 0 Å². The van der Waals surface area contributed by atoms with Crippen LogP contribution in [0.3, 0.4) is 0 Å². The Bertz CT molecular complexity index is 1750. The predicted molar refractivity (Wildman–Crippen MR) is 293 cm³/mol. The third-order valence-electron chi connectivity index (χ3n) is 19.7. The Morgan fingerprint density at radius 2 is 0.642 bits per heavy atom. The standard InChI is InChI=1S/C24H38.C22H34.C21H30/c1-3-5-19-7-11-21(12-8-19)23-15-17-24(18-16-23)22-13-9-20(6-4-2)10-14-22;1-3-4-18-7-11-20(12-8-18)22-15-13-21(14-16-22)19-9-5-17(2)6-10-19;1-3-17-6-10-19(11-7-17)21-14-12-20(13-15-21)18-8-4-16(2)5-9-18/h7-8,11-12,20,22-24H,3-6,9-10,13-18H2,1-2H3;5-6,9-10,18,20-22H,3-4,7-8,11-16H2,1-2H3;3-5,8-9,17,19-21H,1,6-7,10-15H2,2H3. The molecule has 6 aliphatic rings. The molecule has 370 valence electrons. The zero-order valence-corrected chi connectivity index (χ0v) is 44.4. The molecule has 0 heterocycles. The molecule has 0 radical (unpaired) electrons. The summed E-state index contributed by atoms with van der Waals surface area (Å²) in [6.07, 6.45) is 45.8. The summed E-state index contributed by atoms with van der Waals surface area (Å²) in [4.78, 5) is 0. The molecule has 3 aromatic carbocycles. The predicted octanol–water partition coefficient (Wildman–Crippen LogP) is 20.7. The van der Waals surface area contributed by atoms with Gasteiger partial charge in [0.2, 0.25) is 0 Å². The Morgan fingerprint density at radius 1 is 0.358 bits per heavy atom. The minimum absolute atomic E-state index is 0.810. The Balaban J connectivity index is 0.000000149. The molecule has 6 saturated carbocycles. The maximum Gasteiger partial charge on any atom is -0.0162 e. The largest absolute Gasteiger partial charge is 0.103 e. The normalized spacial score (nSPS) is 32.4. The van der Waals surface area contributed by atoms with Crippen LogP contribution in [0, 0.1) is 67.1 Å². The topological polar surface area (TPSA) is 0 Å². The first-order valence-electron chi connectivity index (χ1n) is 29.7. The van der Waals surface area contributed by atoms with E-state index in [1.807, 2.05) is 0 Å². The number of allylic oxidation sites excluding steroid dienone is 1. The SMILES string of the molecule is C=CC1CCC(C2CCC(c3ccc(C)cc3)CC2)CC1.CCCC1CCC(C2CCC(c3ccc(C)cc3)CC2)CC1.CCCc1ccc(C2CCC(C3CCC(CCC)CC3)CC2)cc1. The van der Waals surface area contributed by atoms with Crippen LogP contribution in [-0.4, -0.2) is 0 Å². The van der Waals surface area contributed by atoms with E-state index in [4.69, 9.17) is 0 Å². The minimum Gasteiger partial charge on any atom is -0.103 e. The zero-order chi connectivity index (χ0) is 46.8. The van der Waals surface area contributed by atoms with Gasteiger partial charge < -0.3 is 0 Å². The first-order valence-corrected chi connectivity index (χ1v) is 29.7. The van der Waals surface area contributed by atoms with E-state index in [1.165, 1.54) is 209 Å². The van der Waals surface area contributed by atoms with Gasteiger partial charge in [-0.3, -0.25) is 0 Å². The average molecular weight is 908 g/mol. The highest BCUT2D eigenvalue weighted by atomic mass is 14.4. The van der Waals surface area contributed by atoms with Crippen LogP contribution in [0.4, 0.5) is 0 Å². The van der Waals surface area contributed by atoms with Gasteiger partial charge in [-0.15, -0.1) is 6.58 Å². The molecular formula is C67H102. The van der Waals surface area contributed by atoms with Gasteiger partial charge in [0.1, 0.15) is 0 Å². The maximum atomic E-state index is 3.97. The van der Waals surface area contributed by atoms with Crippen LogP contribution >= 0.6 is 0 Å². The smallest absolute Gasteiger partial charge is 0.0162 e. The molecule has 0 nitrogen and oxygen atoms in total. The molecule has 3 aromatic rings. The third kappa shape index (κ3) is 16.0. The lowest BCUT2D eigenvalue weighted by Gasteiger charge is -2.38. The van der Waals surface area contributed by atoms with Gasteiger partial charge in [-0.05, 0) is 242 Å². The molecule has 0 amide bonds. The van der Waals surface area contributed by atoms with E-state index >= 15 is 0 Å². The Hall–Kier alpha value is -2.60. The summed E-state index contributed by atoms with van der Waals surface area (Å²) in [5.74, 6) is 11.7. The molecular weight excluding hydrogens is 805 g/mol. The van der Waals surface area contributed by atoms with Crippen LogP contribution in [0.15, 0.2) is 85.5 Å². The van der Waals surface area contributed by atoms with Gasteiger partial charge in [-0.25, -0.2) is 0 Å². The number of benzene rings is 3. The molecule has 0 spiro atoms. The van der Waals surface area contributed by atoms with Crippen LogP contribution in [0.5, 0.6) is 0 Å². The second-order valence-electron chi connectivity index (χ2n) is 24.2. The van der Waals surface area contributed by atoms with Crippen molar-refractivity contribution < 1.29 is 0 Å². The highest BCUT2D eigenvalue weighted by Crippen LogP contribution is 2.47. The number of hydrogen-bond acceptors (Lipinski definition) is 0. The summed E-state index contributed by atoms with van der Waals surface area (Å²) < 4.78 is 0. The van der Waals surface area contributed by atoms with Gasteiger partial charge in [-0.1, -0.05) is 169 Å². The lowest BCUT2D eigenvalue weighted by Crippen LogP contribution is -2.25. The lowest BCUT2D eigenvalue weighted by atomic mass is 9.68. The quantitative estimate of drug-likeness (QED) is 0.150. The summed E-state index contributed by atoms with van der Waals surface area (Å²) in [6, 6.07) is 28.2. The zero-order valence-electron chi connectivity index (χ0n) is 44.4. The minimum atomic E-state index is 0.810. The number of aryl methyl sites for hydroxylation is 3. The molecule has 0 N–H and O–H groups in total. The fraction of sp³-hybridized carbons (Fsp3) is 0.701. The van der Waals surface area contributed by atoms with Crippen molar-refractivity contribution in [2.75, 3.05) is 0 Å². The fourth-order valence-corrected chi connectivity index (χ4v) is 15.3. The van der Waals surface area contributed by atoms with Crippen LogP contribution in [0.2, 0.25) is 0 Å². The number of hydrogen-bond donors (Lipinski definition) is 0. The second kappa shape index (κ2) is 27.7. The molecule has 0 aromatic heterocycles. The highest BCUT2D eigenvalue weighted by Gasteiger charge is 2.34. The summed E-state index contributed by atoms with van der Waals surface area (Å²) in [5.41, 5.74) is 9.07. The Kier molecular flexibility index (Phi) is 21.6. The lowest BCUT2D eigenvalue weighted by molar-refractivity contribution is 0.156. The molecule has 0 saturated heterocycles. The molecule has 0 unspecified atom stereocenters. The first-order chi connectivity index (χ1) is 32.8. The van der Waals surface area contributed by atoms with Crippen molar-refractivity contribution in [3.05, 3.63) is 119 Å². The van der Waals surface area contributed by atoms with Crippen molar-refractivity contribution in [1.29, 1.82) is 0 Å². The third-order valence-corrected chi connectivity index (χ3v) is 19.7. The summed E-state index contributed by atoms with van der Waals surface area (Å²) >= 11 is 0. The summed E-state index contributed by atoms with van der Waals surface area (Å²) in [5, 5.41) is 0. The Labute approximate surface area is 415 Å². The summed E-state index contributed by atoms with van der Waals surface area (Å²) in [7, 11) is 0. The average Bonchev–Trinajstić information content (AvgIpc) is 3.38. The second-order valence-corrected chi connectivity index (χ2v) is 24.2. The van der Waals surface area contributed by atoms with E-state index in [-0.39, 0.29) is 0 Å². The van der Waals surface area contributed by atoms with E-state index in [1.54, 1.807) is 16.7 Å². The van der Waals surface area contributed by atoms with Crippen molar-refractivity contribution in [3.63, 3.8) is 0 Å². The van der Waals surface area contributed by atoms with Gasteiger partial charge in [0.25, 0.3) is 0 Å². The van der Waals surface area contributed by atoms with Crippen molar-refractivity contribution in [1.82, 2.24) is 0 Å². The Morgan fingerprint density at radius 3 is 0.925 bits per heavy atom. The maximum absolute atomic E-state index is 3.97. The molecule has 6 fully saturated rings. The van der Waals surface area contributed by atoms with Crippen molar-refractivity contribution in [3.8, 4) is 0 Å². The molecule has 67 heavy (non-hydrogen) atoms. The van der Waals surface area contributed by atoms with E-state index in [2.05, 4.69) is 120 Å². The van der Waals surface area contributed by atoms with E-state index < -0.39 is 0 Å². The molecule has 6 aliphatic carbocycles. The van der Waals surface area contributed by atoms with E-state index in [0.717, 1.165) is 71.0 Å². The van der Waals surface area contributed by atoms with E-state index in [9.17, 15) is 0 Å². The van der Waals surface area contributed by atoms with Gasteiger partial charge in [0.05, 0.1) is 0 Å². The van der Waals surface area contributed by atoms with Gasteiger partial charge in [-0.2, -0.15) is 0 Å². The van der Waals surface area contributed by atoms with Crippen molar-refractivity contribution >= 4 is 0 Å². The van der Waals surface area contributed by atoms with Gasteiger partial charge in [0, 0.05) is 0 Å².